The SMILES string of the molecule is CC(C)(C)C(=O)CC(=O)C(C)(C)C.[H-].[Na+]. The maximum Gasteiger partial charge on any atom is 1.00 e. The van der Waals surface area contributed by atoms with E-state index < -0.39 is 10.8 Å². The summed E-state index contributed by atoms with van der Waals surface area (Å²) in [6.45, 7) is 11.0. The van der Waals surface area contributed by atoms with Crippen molar-refractivity contribution in [3.05, 3.63) is 0 Å². The largest absolute Gasteiger partial charge is 1.00 e. The smallest absolute Gasteiger partial charge is 1.00 e. The Kier molecular flexibility index (Phi) is 6.50. The monoisotopic (exact) mass is 208 g/mol. The van der Waals surface area contributed by atoms with Crippen molar-refractivity contribution in [3.8, 4) is 0 Å². The molecule has 78 valence electrons. The van der Waals surface area contributed by atoms with E-state index in [0.717, 1.165) is 0 Å². The van der Waals surface area contributed by atoms with E-state index in [4.69, 9.17) is 0 Å². The van der Waals surface area contributed by atoms with E-state index in [9.17, 15) is 9.59 Å². The molecule has 14 heavy (non-hydrogen) atoms. The van der Waals surface area contributed by atoms with Gasteiger partial charge in [0.1, 0.15) is 11.6 Å². The molecule has 0 radical (unpaired) electrons. The number of Topliss-reactive ketones (excluding diaryl/α,β-unsaturated/α-hetero) is 2. The molecule has 0 atom stereocenters. The molecule has 0 spiro atoms. The average Bonchev–Trinajstić information content (AvgIpc) is 1.82. The van der Waals surface area contributed by atoms with Gasteiger partial charge in [0.05, 0.1) is 6.42 Å². The summed E-state index contributed by atoms with van der Waals surface area (Å²) in [6, 6.07) is 0. The topological polar surface area (TPSA) is 34.1 Å². The molecule has 0 N–H and O–H groups in total. The van der Waals surface area contributed by atoms with E-state index in [0.29, 0.717) is 0 Å². The Balaban J connectivity index is -0.000000720. The number of rotatable bonds is 2. The molecule has 0 aliphatic heterocycles. The zero-order chi connectivity index (χ0) is 10.9. The first-order valence-electron chi connectivity index (χ1n) is 4.62. The Morgan fingerprint density at radius 1 is 0.857 bits per heavy atom. The fraction of sp³-hybridized carbons (Fsp3) is 0.818. The van der Waals surface area contributed by atoms with Crippen molar-refractivity contribution in [1.29, 1.82) is 0 Å². The van der Waals surface area contributed by atoms with Crippen LogP contribution < -0.4 is 29.6 Å². The molecular weight excluding hydrogens is 187 g/mol. The molecule has 3 heteroatoms. The van der Waals surface area contributed by atoms with Crippen molar-refractivity contribution in [3.63, 3.8) is 0 Å². The van der Waals surface area contributed by atoms with E-state index in [1.165, 1.54) is 0 Å². The first-order chi connectivity index (χ1) is 5.55. The van der Waals surface area contributed by atoms with Gasteiger partial charge in [0.25, 0.3) is 0 Å². The van der Waals surface area contributed by atoms with Crippen molar-refractivity contribution in [2.45, 2.75) is 48.0 Å². The molecule has 2 nitrogen and oxygen atoms in total. The first kappa shape index (κ1) is 16.8. The zero-order valence-corrected chi connectivity index (χ0v) is 12.5. The molecule has 0 aromatic heterocycles. The van der Waals surface area contributed by atoms with Crippen LogP contribution in [-0.2, 0) is 9.59 Å². The summed E-state index contributed by atoms with van der Waals surface area (Å²) in [5.74, 6) is 0.0415. The van der Waals surface area contributed by atoms with Crippen LogP contribution in [0.3, 0.4) is 0 Å². The first-order valence-corrected chi connectivity index (χ1v) is 4.62. The van der Waals surface area contributed by atoms with Crippen molar-refractivity contribution in [2.24, 2.45) is 10.8 Å². The summed E-state index contributed by atoms with van der Waals surface area (Å²) < 4.78 is 0. The van der Waals surface area contributed by atoms with Crippen molar-refractivity contribution < 1.29 is 40.6 Å². The van der Waals surface area contributed by atoms with Crippen LogP contribution in [0.1, 0.15) is 49.4 Å². The Morgan fingerprint density at radius 3 is 1.21 bits per heavy atom. The maximum atomic E-state index is 11.5. The normalized spacial score (nSPS) is 11.9. The van der Waals surface area contributed by atoms with Gasteiger partial charge in [0.15, 0.2) is 0 Å². The van der Waals surface area contributed by atoms with Gasteiger partial charge in [0, 0.05) is 10.8 Å². The molecule has 0 saturated carbocycles. The summed E-state index contributed by atoms with van der Waals surface area (Å²) in [7, 11) is 0. The molecule has 0 bridgehead atoms. The van der Waals surface area contributed by atoms with Crippen molar-refractivity contribution in [2.75, 3.05) is 0 Å². The second-order valence-corrected chi connectivity index (χ2v) is 5.52. The number of carbonyl (C=O) groups is 2. The number of carbonyl (C=O) groups excluding carboxylic acids is 2. The second-order valence-electron chi connectivity index (χ2n) is 5.52. The van der Waals surface area contributed by atoms with Gasteiger partial charge in [-0.2, -0.15) is 0 Å². The van der Waals surface area contributed by atoms with Crippen molar-refractivity contribution >= 4 is 11.6 Å². The van der Waals surface area contributed by atoms with E-state index >= 15 is 0 Å². The van der Waals surface area contributed by atoms with Gasteiger partial charge in [-0.05, 0) is 0 Å². The predicted octanol–water partition coefficient (Wildman–Crippen LogP) is -0.277. The Bertz CT molecular complexity index is 200. The molecule has 0 heterocycles. The van der Waals surface area contributed by atoms with Gasteiger partial charge >= 0.3 is 29.6 Å². The number of hydrogen-bond donors (Lipinski definition) is 0. The minimum atomic E-state index is -0.402. The van der Waals surface area contributed by atoms with Crippen LogP contribution in [-0.4, -0.2) is 11.6 Å². The molecule has 0 amide bonds. The third-order valence-electron chi connectivity index (χ3n) is 1.99. The maximum absolute atomic E-state index is 11.5. The fourth-order valence-corrected chi connectivity index (χ4v) is 0.676. The van der Waals surface area contributed by atoms with Crippen molar-refractivity contribution in [1.82, 2.24) is 0 Å². The average molecular weight is 208 g/mol. The summed E-state index contributed by atoms with van der Waals surface area (Å²) in [4.78, 5) is 23.0. The van der Waals surface area contributed by atoms with Crippen LogP contribution in [0, 0.1) is 10.8 Å². The second kappa shape index (κ2) is 5.43. The van der Waals surface area contributed by atoms with Crippen LogP contribution in [0.2, 0.25) is 0 Å². The van der Waals surface area contributed by atoms with Gasteiger partial charge in [-0.25, -0.2) is 0 Å². The molecule has 0 aliphatic carbocycles. The zero-order valence-electron chi connectivity index (χ0n) is 11.5. The molecular formula is C11H21NaO2. The number of ketones is 2. The van der Waals surface area contributed by atoms with Crippen LogP contribution in [0.15, 0.2) is 0 Å². The predicted molar refractivity (Wildman–Crippen MR) is 54.7 cm³/mol. The Hall–Kier alpha value is 0.340. The van der Waals surface area contributed by atoms with E-state index in [1.54, 1.807) is 0 Å². The molecule has 0 aromatic rings. The number of hydrogen-bond acceptors (Lipinski definition) is 2. The fourth-order valence-electron chi connectivity index (χ4n) is 0.676. The van der Waals surface area contributed by atoms with E-state index in [2.05, 4.69) is 0 Å². The summed E-state index contributed by atoms with van der Waals surface area (Å²) in [5.41, 5.74) is -0.804. The third kappa shape index (κ3) is 5.94. The minimum absolute atomic E-state index is 0. The Morgan fingerprint density at radius 2 is 1.07 bits per heavy atom. The molecule has 0 fully saturated rings. The van der Waals surface area contributed by atoms with Gasteiger partial charge in [0.2, 0.25) is 0 Å². The summed E-state index contributed by atoms with van der Waals surface area (Å²) in [5, 5.41) is 0. The van der Waals surface area contributed by atoms with Crippen LogP contribution >= 0.6 is 0 Å². The van der Waals surface area contributed by atoms with Crippen LogP contribution in [0.4, 0.5) is 0 Å². The summed E-state index contributed by atoms with van der Waals surface area (Å²) in [6.07, 6.45) is 0.0625. The molecule has 0 saturated heterocycles. The third-order valence-corrected chi connectivity index (χ3v) is 1.99. The van der Waals surface area contributed by atoms with Gasteiger partial charge < -0.3 is 1.43 Å². The van der Waals surface area contributed by atoms with E-state index in [-0.39, 0.29) is 49.0 Å². The Labute approximate surface area is 111 Å². The molecule has 0 rings (SSSR count). The van der Waals surface area contributed by atoms with Crippen LogP contribution in [0.5, 0.6) is 0 Å². The quantitative estimate of drug-likeness (QED) is 0.462. The van der Waals surface area contributed by atoms with E-state index in [1.807, 2.05) is 41.5 Å². The van der Waals surface area contributed by atoms with Gasteiger partial charge in [-0.1, -0.05) is 41.5 Å². The molecule has 0 aromatic carbocycles. The van der Waals surface area contributed by atoms with Gasteiger partial charge in [-0.15, -0.1) is 0 Å². The summed E-state index contributed by atoms with van der Waals surface area (Å²) >= 11 is 0. The molecule has 0 aliphatic rings. The molecule has 0 unspecified atom stereocenters. The van der Waals surface area contributed by atoms with Gasteiger partial charge in [-0.3, -0.25) is 9.59 Å². The standard InChI is InChI=1S/C11H20O2.Na.H/c1-10(2,3)8(12)7-9(13)11(4,5)6;;/h7H2,1-6H3;;/q;+1;-1. The minimum Gasteiger partial charge on any atom is -1.00 e. The van der Waals surface area contributed by atoms with Crippen LogP contribution in [0.25, 0.3) is 0 Å².